The standard InChI is InChI=1S/C25H37N3OS2/c1-3-4-25-27-23-10-13-28(14-11-24(23)31-25)12-9-19-5-7-20(8-6-19)15-21(29)16-22-17-26-18(2)30-22/h17,19-20H,3-16H2,1-2H3. The molecule has 0 radical (unpaired) electrons. The van der Waals surface area contributed by atoms with Gasteiger partial charge < -0.3 is 4.90 Å². The van der Waals surface area contributed by atoms with Gasteiger partial charge >= 0.3 is 0 Å². The van der Waals surface area contributed by atoms with E-state index in [9.17, 15) is 4.79 Å². The zero-order valence-corrected chi connectivity index (χ0v) is 20.8. The van der Waals surface area contributed by atoms with Crippen molar-refractivity contribution in [2.45, 2.75) is 84.5 Å². The van der Waals surface area contributed by atoms with Crippen molar-refractivity contribution in [3.8, 4) is 0 Å². The molecule has 1 fully saturated rings. The van der Waals surface area contributed by atoms with Crippen LogP contribution in [0.2, 0.25) is 0 Å². The van der Waals surface area contributed by atoms with E-state index < -0.39 is 0 Å². The minimum Gasteiger partial charge on any atom is -0.303 e. The second-order valence-electron chi connectivity index (χ2n) is 9.51. The van der Waals surface area contributed by atoms with E-state index in [0.29, 0.717) is 18.1 Å². The van der Waals surface area contributed by atoms with Gasteiger partial charge in [-0.05, 0) is 63.8 Å². The Kier molecular flexibility index (Phi) is 8.30. The van der Waals surface area contributed by atoms with E-state index in [1.807, 2.05) is 24.5 Å². The minimum absolute atomic E-state index is 0.403. The summed E-state index contributed by atoms with van der Waals surface area (Å²) in [7, 11) is 0. The lowest BCUT2D eigenvalue weighted by Crippen LogP contribution is -2.30. The lowest BCUT2D eigenvalue weighted by molar-refractivity contribution is -0.119. The van der Waals surface area contributed by atoms with Gasteiger partial charge in [0.1, 0.15) is 5.78 Å². The summed E-state index contributed by atoms with van der Waals surface area (Å²) in [5, 5.41) is 2.40. The van der Waals surface area contributed by atoms with E-state index in [-0.39, 0.29) is 0 Å². The van der Waals surface area contributed by atoms with Crippen LogP contribution >= 0.6 is 22.7 Å². The zero-order chi connectivity index (χ0) is 21.6. The summed E-state index contributed by atoms with van der Waals surface area (Å²) in [4.78, 5) is 26.9. The number of carbonyl (C=O) groups excluding carboxylic acids is 1. The predicted molar refractivity (Wildman–Crippen MR) is 130 cm³/mol. The molecule has 2 aliphatic rings. The maximum atomic E-state index is 12.4. The van der Waals surface area contributed by atoms with Gasteiger partial charge in [0.15, 0.2) is 0 Å². The summed E-state index contributed by atoms with van der Waals surface area (Å²) in [6, 6.07) is 0. The Morgan fingerprint density at radius 3 is 2.65 bits per heavy atom. The monoisotopic (exact) mass is 459 g/mol. The van der Waals surface area contributed by atoms with Crippen molar-refractivity contribution in [2.75, 3.05) is 19.6 Å². The Bertz CT molecular complexity index is 825. The summed E-state index contributed by atoms with van der Waals surface area (Å²) in [5.41, 5.74) is 1.38. The van der Waals surface area contributed by atoms with Crippen LogP contribution in [0, 0.1) is 18.8 Å². The third-order valence-corrected chi connectivity index (χ3v) is 9.11. The molecule has 0 saturated heterocycles. The number of aromatic nitrogens is 2. The molecule has 1 aliphatic carbocycles. The van der Waals surface area contributed by atoms with Crippen LogP contribution in [0.3, 0.4) is 0 Å². The van der Waals surface area contributed by atoms with Crippen LogP contribution in [0.4, 0.5) is 0 Å². The summed E-state index contributed by atoms with van der Waals surface area (Å²) < 4.78 is 0. The maximum absolute atomic E-state index is 12.4. The van der Waals surface area contributed by atoms with Crippen LogP contribution in [-0.4, -0.2) is 40.3 Å². The summed E-state index contributed by atoms with van der Waals surface area (Å²) in [6.45, 7) is 7.84. The first kappa shape index (κ1) is 23.1. The molecular formula is C25H37N3OS2. The van der Waals surface area contributed by atoms with Gasteiger partial charge in [0.2, 0.25) is 0 Å². The van der Waals surface area contributed by atoms with Gasteiger partial charge in [-0.1, -0.05) is 19.8 Å². The molecule has 1 aliphatic heterocycles. The van der Waals surface area contributed by atoms with Crippen molar-refractivity contribution in [1.29, 1.82) is 0 Å². The average molecular weight is 460 g/mol. The van der Waals surface area contributed by atoms with Crippen LogP contribution in [0.15, 0.2) is 6.20 Å². The number of aryl methyl sites for hydroxylation is 2. The molecule has 0 aromatic carbocycles. The molecule has 4 rings (SSSR count). The molecule has 31 heavy (non-hydrogen) atoms. The van der Waals surface area contributed by atoms with Crippen molar-refractivity contribution in [1.82, 2.24) is 14.9 Å². The predicted octanol–water partition coefficient (Wildman–Crippen LogP) is 5.66. The van der Waals surface area contributed by atoms with Gasteiger partial charge in [-0.15, -0.1) is 22.7 Å². The van der Waals surface area contributed by atoms with Crippen LogP contribution in [-0.2, 0) is 30.5 Å². The van der Waals surface area contributed by atoms with E-state index >= 15 is 0 Å². The molecule has 6 heteroatoms. The normalized spacial score (nSPS) is 22.3. The van der Waals surface area contributed by atoms with Crippen molar-refractivity contribution >= 4 is 28.5 Å². The SMILES string of the molecule is CCCc1nc2c(s1)CCN(CCC1CCC(CC(=O)Cc3cnc(C)s3)CC1)CC2. The summed E-state index contributed by atoms with van der Waals surface area (Å²) in [6.07, 6.45) is 14.3. The highest BCUT2D eigenvalue weighted by atomic mass is 32.1. The first-order valence-corrected chi connectivity index (χ1v) is 13.8. The Labute approximate surface area is 195 Å². The lowest BCUT2D eigenvalue weighted by atomic mass is 9.78. The van der Waals surface area contributed by atoms with Crippen molar-refractivity contribution < 1.29 is 4.79 Å². The lowest BCUT2D eigenvalue weighted by Gasteiger charge is -2.30. The molecule has 0 amide bonds. The van der Waals surface area contributed by atoms with Crippen LogP contribution in [0.1, 0.15) is 77.3 Å². The Balaban J connectivity index is 1.13. The third-order valence-electron chi connectivity index (χ3n) is 6.98. The fourth-order valence-corrected chi connectivity index (χ4v) is 7.20. The van der Waals surface area contributed by atoms with Gasteiger partial charge in [0.25, 0.3) is 0 Å². The van der Waals surface area contributed by atoms with Crippen LogP contribution in [0.25, 0.3) is 0 Å². The average Bonchev–Trinajstić information content (AvgIpc) is 3.28. The number of nitrogens with zero attached hydrogens (tertiary/aromatic N) is 3. The van der Waals surface area contributed by atoms with E-state index in [1.165, 1.54) is 75.3 Å². The van der Waals surface area contributed by atoms with Crippen molar-refractivity contribution in [3.63, 3.8) is 0 Å². The van der Waals surface area contributed by atoms with Gasteiger partial charge in [-0.25, -0.2) is 9.97 Å². The Hall–Kier alpha value is -1.11. The molecule has 0 spiro atoms. The fraction of sp³-hybridized carbons (Fsp3) is 0.720. The summed E-state index contributed by atoms with van der Waals surface area (Å²) in [5.74, 6) is 1.86. The highest BCUT2D eigenvalue weighted by Gasteiger charge is 2.24. The Morgan fingerprint density at radius 1 is 1.13 bits per heavy atom. The quantitative estimate of drug-likeness (QED) is 0.485. The second kappa shape index (κ2) is 11.2. The molecule has 0 N–H and O–H groups in total. The van der Waals surface area contributed by atoms with E-state index in [0.717, 1.165) is 35.1 Å². The number of ketones is 1. The molecule has 3 heterocycles. The molecule has 1 saturated carbocycles. The maximum Gasteiger partial charge on any atom is 0.138 e. The molecule has 0 unspecified atom stereocenters. The van der Waals surface area contributed by atoms with E-state index in [4.69, 9.17) is 4.98 Å². The highest BCUT2D eigenvalue weighted by Crippen LogP contribution is 2.33. The van der Waals surface area contributed by atoms with E-state index in [1.54, 1.807) is 16.2 Å². The number of hydrogen-bond acceptors (Lipinski definition) is 6. The van der Waals surface area contributed by atoms with Crippen molar-refractivity contribution in [3.05, 3.63) is 31.7 Å². The highest BCUT2D eigenvalue weighted by molar-refractivity contribution is 7.12. The number of carbonyl (C=O) groups is 1. The second-order valence-corrected chi connectivity index (χ2v) is 12.0. The van der Waals surface area contributed by atoms with Crippen molar-refractivity contribution in [2.24, 2.45) is 11.8 Å². The Morgan fingerprint density at radius 2 is 1.90 bits per heavy atom. The van der Waals surface area contributed by atoms with Gasteiger partial charge in [0.05, 0.1) is 15.7 Å². The van der Waals surface area contributed by atoms with E-state index in [2.05, 4.69) is 16.8 Å². The number of hydrogen-bond donors (Lipinski definition) is 0. The molecule has 2 aromatic heterocycles. The minimum atomic E-state index is 0.403. The fourth-order valence-electron chi connectivity index (χ4n) is 5.17. The van der Waals surface area contributed by atoms with Crippen LogP contribution in [0.5, 0.6) is 0 Å². The molecule has 0 atom stereocenters. The van der Waals surface area contributed by atoms with Gasteiger partial charge in [-0.2, -0.15) is 0 Å². The first-order valence-electron chi connectivity index (χ1n) is 12.2. The molecular weight excluding hydrogens is 422 g/mol. The molecule has 2 aromatic rings. The van der Waals surface area contributed by atoms with Gasteiger partial charge in [0, 0.05) is 48.3 Å². The number of thiazole rings is 2. The number of Topliss-reactive ketones (excluding diaryl/α,β-unsaturated/α-hetero) is 1. The first-order chi connectivity index (χ1) is 15.1. The summed E-state index contributed by atoms with van der Waals surface area (Å²) >= 11 is 3.62. The number of rotatable bonds is 9. The smallest absolute Gasteiger partial charge is 0.138 e. The van der Waals surface area contributed by atoms with Crippen LogP contribution < -0.4 is 0 Å². The molecule has 4 nitrogen and oxygen atoms in total. The molecule has 0 bridgehead atoms. The topological polar surface area (TPSA) is 46.1 Å². The third kappa shape index (κ3) is 6.69. The number of fused-ring (bicyclic) bond motifs is 1. The largest absolute Gasteiger partial charge is 0.303 e. The van der Waals surface area contributed by atoms with Gasteiger partial charge in [-0.3, -0.25) is 4.79 Å². The zero-order valence-electron chi connectivity index (χ0n) is 19.2. The molecule has 170 valence electrons.